The molecular weight excluding hydrogens is 326 g/mol. The van der Waals surface area contributed by atoms with Gasteiger partial charge < -0.3 is 15.4 Å². The Morgan fingerprint density at radius 1 is 1.29 bits per heavy atom. The van der Waals surface area contributed by atoms with E-state index >= 15 is 0 Å². The van der Waals surface area contributed by atoms with Crippen molar-refractivity contribution in [1.29, 1.82) is 0 Å². The second kappa shape index (κ2) is 8.13. The van der Waals surface area contributed by atoms with Crippen molar-refractivity contribution in [2.75, 3.05) is 18.5 Å². The van der Waals surface area contributed by atoms with Crippen molar-refractivity contribution in [2.45, 2.75) is 25.5 Å². The van der Waals surface area contributed by atoms with E-state index in [1.165, 1.54) is 0 Å². The van der Waals surface area contributed by atoms with Gasteiger partial charge in [0.25, 0.3) is 5.91 Å². The average Bonchev–Trinajstić information content (AvgIpc) is 3.13. The van der Waals surface area contributed by atoms with Crippen LogP contribution in [0, 0.1) is 0 Å². The van der Waals surface area contributed by atoms with Gasteiger partial charge in [-0.15, -0.1) is 0 Å². The van der Waals surface area contributed by atoms with Crippen LogP contribution in [0.2, 0.25) is 5.02 Å². The van der Waals surface area contributed by atoms with Crippen LogP contribution in [-0.2, 0) is 11.3 Å². The number of benzene rings is 1. The molecule has 1 aliphatic heterocycles. The highest BCUT2D eigenvalue weighted by molar-refractivity contribution is 6.31. The molecule has 0 bridgehead atoms. The first-order chi connectivity index (χ1) is 11.7. The van der Waals surface area contributed by atoms with E-state index in [0.717, 1.165) is 37.2 Å². The van der Waals surface area contributed by atoms with Crippen molar-refractivity contribution in [1.82, 2.24) is 10.3 Å². The molecule has 0 aliphatic carbocycles. The highest BCUT2D eigenvalue weighted by Crippen LogP contribution is 2.15. The molecule has 2 aromatic rings. The minimum atomic E-state index is -0.222. The van der Waals surface area contributed by atoms with Gasteiger partial charge in [0.15, 0.2) is 0 Å². The van der Waals surface area contributed by atoms with E-state index in [2.05, 4.69) is 15.6 Å². The van der Waals surface area contributed by atoms with Gasteiger partial charge >= 0.3 is 0 Å². The molecule has 24 heavy (non-hydrogen) atoms. The maximum Gasteiger partial charge on any atom is 0.270 e. The molecule has 1 amide bonds. The van der Waals surface area contributed by atoms with Crippen LogP contribution >= 0.6 is 11.6 Å². The molecule has 1 atom stereocenters. The van der Waals surface area contributed by atoms with Crippen LogP contribution in [0.15, 0.2) is 42.6 Å². The molecule has 1 aromatic heterocycles. The van der Waals surface area contributed by atoms with Crippen LogP contribution in [0.25, 0.3) is 0 Å². The molecule has 5 nitrogen and oxygen atoms in total. The molecule has 6 heteroatoms. The zero-order valence-electron chi connectivity index (χ0n) is 13.3. The average molecular weight is 346 g/mol. The van der Waals surface area contributed by atoms with Crippen LogP contribution in [0.5, 0.6) is 0 Å². The minimum absolute atomic E-state index is 0.222. The zero-order chi connectivity index (χ0) is 16.8. The number of hydrogen-bond donors (Lipinski definition) is 2. The standard InChI is InChI=1S/C18H20ClN3O2/c19-16-6-2-1-4-13(16)10-22-18(23)17-8-7-14(11-21-17)20-12-15-5-3-9-24-15/h1-2,4,6-8,11,15,20H,3,5,9-10,12H2,(H,22,23). The van der Waals surface area contributed by atoms with Crippen molar-refractivity contribution in [2.24, 2.45) is 0 Å². The fraction of sp³-hybridized carbons (Fsp3) is 0.333. The number of aromatic nitrogens is 1. The van der Waals surface area contributed by atoms with Gasteiger partial charge in [0.1, 0.15) is 5.69 Å². The lowest BCUT2D eigenvalue weighted by Gasteiger charge is -2.12. The number of carbonyl (C=O) groups is 1. The predicted octanol–water partition coefficient (Wildman–Crippen LogP) is 3.26. The molecular formula is C18H20ClN3O2. The smallest absolute Gasteiger partial charge is 0.270 e. The molecule has 1 aromatic carbocycles. The molecule has 1 unspecified atom stereocenters. The van der Waals surface area contributed by atoms with Crippen molar-refractivity contribution in [3.05, 3.63) is 58.9 Å². The molecule has 2 N–H and O–H groups in total. The highest BCUT2D eigenvalue weighted by atomic mass is 35.5. The molecule has 1 saturated heterocycles. The third-order valence-corrected chi connectivity index (χ3v) is 4.32. The van der Waals surface area contributed by atoms with E-state index in [1.54, 1.807) is 18.3 Å². The number of hydrogen-bond acceptors (Lipinski definition) is 4. The van der Waals surface area contributed by atoms with E-state index in [9.17, 15) is 4.79 Å². The summed E-state index contributed by atoms with van der Waals surface area (Å²) in [5.41, 5.74) is 2.14. The highest BCUT2D eigenvalue weighted by Gasteiger charge is 2.15. The Kier molecular flexibility index (Phi) is 5.67. The summed E-state index contributed by atoms with van der Waals surface area (Å²) in [4.78, 5) is 16.4. The van der Waals surface area contributed by atoms with E-state index in [1.807, 2.05) is 24.3 Å². The van der Waals surface area contributed by atoms with Gasteiger partial charge in [-0.25, -0.2) is 4.98 Å². The van der Waals surface area contributed by atoms with Crippen LogP contribution in [0.1, 0.15) is 28.9 Å². The lowest BCUT2D eigenvalue weighted by atomic mass is 10.2. The topological polar surface area (TPSA) is 63.2 Å². The molecule has 126 valence electrons. The maximum atomic E-state index is 12.2. The van der Waals surface area contributed by atoms with Gasteiger partial charge in [0.2, 0.25) is 0 Å². The van der Waals surface area contributed by atoms with Gasteiger partial charge in [-0.2, -0.15) is 0 Å². The zero-order valence-corrected chi connectivity index (χ0v) is 14.1. The Morgan fingerprint density at radius 2 is 2.17 bits per heavy atom. The van der Waals surface area contributed by atoms with Crippen molar-refractivity contribution in [3.63, 3.8) is 0 Å². The van der Waals surface area contributed by atoms with Gasteiger partial charge in [-0.3, -0.25) is 4.79 Å². The molecule has 3 rings (SSSR count). The Bertz CT molecular complexity index is 685. The number of carbonyl (C=O) groups excluding carboxylic acids is 1. The largest absolute Gasteiger partial charge is 0.381 e. The molecule has 0 spiro atoms. The summed E-state index contributed by atoms with van der Waals surface area (Å²) in [5.74, 6) is -0.222. The van der Waals surface area contributed by atoms with Crippen molar-refractivity contribution < 1.29 is 9.53 Å². The Hall–Kier alpha value is -2.11. The summed E-state index contributed by atoms with van der Waals surface area (Å²) < 4.78 is 5.56. The number of anilines is 1. The number of halogens is 1. The molecule has 0 radical (unpaired) electrons. The number of nitrogens with one attached hydrogen (secondary N) is 2. The molecule has 1 aliphatic rings. The summed E-state index contributed by atoms with van der Waals surface area (Å²) in [6, 6.07) is 11.0. The predicted molar refractivity (Wildman–Crippen MR) is 94.3 cm³/mol. The normalized spacial score (nSPS) is 16.8. The Balaban J connectivity index is 1.50. The number of pyridine rings is 1. The summed E-state index contributed by atoms with van der Waals surface area (Å²) in [6.07, 6.45) is 4.14. The minimum Gasteiger partial charge on any atom is -0.381 e. The first kappa shape index (κ1) is 16.7. The first-order valence-electron chi connectivity index (χ1n) is 8.05. The van der Waals surface area contributed by atoms with E-state index in [0.29, 0.717) is 17.3 Å². The van der Waals surface area contributed by atoms with Crippen LogP contribution in [-0.4, -0.2) is 30.1 Å². The van der Waals surface area contributed by atoms with Crippen LogP contribution < -0.4 is 10.6 Å². The lowest BCUT2D eigenvalue weighted by Crippen LogP contribution is -2.24. The lowest BCUT2D eigenvalue weighted by molar-refractivity contribution is 0.0946. The molecule has 1 fully saturated rings. The number of amides is 1. The van der Waals surface area contributed by atoms with E-state index in [4.69, 9.17) is 16.3 Å². The summed E-state index contributed by atoms with van der Waals surface area (Å²) in [5, 5.41) is 6.75. The number of ether oxygens (including phenoxy) is 1. The quantitative estimate of drug-likeness (QED) is 0.843. The maximum absolute atomic E-state index is 12.2. The van der Waals surface area contributed by atoms with Gasteiger partial charge in [-0.1, -0.05) is 29.8 Å². The summed E-state index contributed by atoms with van der Waals surface area (Å²) in [7, 11) is 0. The van der Waals surface area contributed by atoms with Crippen molar-refractivity contribution in [3.8, 4) is 0 Å². The fourth-order valence-electron chi connectivity index (χ4n) is 2.58. The van der Waals surface area contributed by atoms with Gasteiger partial charge in [0.05, 0.1) is 18.0 Å². The second-order valence-corrected chi connectivity index (χ2v) is 6.13. The van der Waals surface area contributed by atoms with Gasteiger partial charge in [0, 0.05) is 24.7 Å². The van der Waals surface area contributed by atoms with Crippen LogP contribution in [0.4, 0.5) is 5.69 Å². The first-order valence-corrected chi connectivity index (χ1v) is 8.43. The monoisotopic (exact) mass is 345 g/mol. The molecule has 0 saturated carbocycles. The Morgan fingerprint density at radius 3 is 2.88 bits per heavy atom. The molecule has 2 heterocycles. The van der Waals surface area contributed by atoms with Crippen molar-refractivity contribution >= 4 is 23.2 Å². The van der Waals surface area contributed by atoms with Gasteiger partial charge in [-0.05, 0) is 36.6 Å². The van der Waals surface area contributed by atoms with E-state index < -0.39 is 0 Å². The summed E-state index contributed by atoms with van der Waals surface area (Å²) >= 11 is 6.08. The second-order valence-electron chi connectivity index (χ2n) is 5.72. The fourth-order valence-corrected chi connectivity index (χ4v) is 2.78. The number of rotatable bonds is 6. The third-order valence-electron chi connectivity index (χ3n) is 3.95. The van der Waals surface area contributed by atoms with Crippen LogP contribution in [0.3, 0.4) is 0 Å². The van der Waals surface area contributed by atoms with E-state index in [-0.39, 0.29) is 12.0 Å². The Labute approximate surface area is 146 Å². The SMILES string of the molecule is O=C(NCc1ccccc1Cl)c1ccc(NCC2CCCO2)cn1. The number of nitrogens with zero attached hydrogens (tertiary/aromatic N) is 1. The third kappa shape index (κ3) is 4.46. The summed E-state index contributed by atoms with van der Waals surface area (Å²) in [6.45, 7) is 1.98.